The van der Waals surface area contributed by atoms with Gasteiger partial charge in [-0.2, -0.15) is 0 Å². The zero-order valence-corrected chi connectivity index (χ0v) is 10.2. The minimum Gasteiger partial charge on any atom is -0.337 e. The molecule has 2 rings (SSSR count). The van der Waals surface area contributed by atoms with Crippen molar-refractivity contribution in [3.63, 3.8) is 0 Å². The smallest absolute Gasteiger partial charge is 0.0945 e. The van der Waals surface area contributed by atoms with Crippen LogP contribution < -0.4 is 0 Å². The van der Waals surface area contributed by atoms with Crippen LogP contribution in [0, 0.1) is 0 Å². The van der Waals surface area contributed by atoms with Crippen molar-refractivity contribution in [2.45, 2.75) is 19.5 Å². The SMILES string of the molecule is CN(CCCn1ccnc1)Cc1ccccn1. The maximum atomic E-state index is 4.32. The highest BCUT2D eigenvalue weighted by atomic mass is 15.1. The highest BCUT2D eigenvalue weighted by molar-refractivity contribution is 5.02. The normalized spacial score (nSPS) is 10.9. The lowest BCUT2D eigenvalue weighted by molar-refractivity contribution is 0.310. The van der Waals surface area contributed by atoms with Crippen LogP contribution >= 0.6 is 0 Å². The fraction of sp³-hybridized carbons (Fsp3) is 0.385. The number of aromatic nitrogens is 3. The summed E-state index contributed by atoms with van der Waals surface area (Å²) < 4.78 is 2.11. The molecule has 0 N–H and O–H groups in total. The molecule has 0 saturated carbocycles. The minimum atomic E-state index is 0.908. The van der Waals surface area contributed by atoms with Gasteiger partial charge in [-0.25, -0.2) is 4.98 Å². The first kappa shape index (κ1) is 11.8. The number of nitrogens with zero attached hydrogens (tertiary/aromatic N) is 4. The van der Waals surface area contributed by atoms with Crippen LogP contribution in [0.5, 0.6) is 0 Å². The average Bonchev–Trinajstić information content (AvgIpc) is 2.83. The molecule has 4 heteroatoms. The fourth-order valence-electron chi connectivity index (χ4n) is 1.79. The molecular weight excluding hydrogens is 212 g/mol. The van der Waals surface area contributed by atoms with Crippen LogP contribution in [0.25, 0.3) is 0 Å². The number of aryl methyl sites for hydroxylation is 1. The van der Waals surface area contributed by atoms with Gasteiger partial charge in [0, 0.05) is 31.7 Å². The Kier molecular flexibility index (Phi) is 4.27. The molecule has 0 bridgehead atoms. The van der Waals surface area contributed by atoms with E-state index in [9.17, 15) is 0 Å². The third-order valence-corrected chi connectivity index (χ3v) is 2.67. The second kappa shape index (κ2) is 6.15. The highest BCUT2D eigenvalue weighted by Crippen LogP contribution is 2.00. The molecule has 0 aromatic carbocycles. The van der Waals surface area contributed by atoms with E-state index in [2.05, 4.69) is 32.5 Å². The third-order valence-electron chi connectivity index (χ3n) is 2.67. The van der Waals surface area contributed by atoms with E-state index in [0.29, 0.717) is 0 Å². The Labute approximate surface area is 102 Å². The molecule has 0 unspecified atom stereocenters. The van der Waals surface area contributed by atoms with E-state index in [1.54, 1.807) is 0 Å². The average molecular weight is 230 g/mol. The van der Waals surface area contributed by atoms with E-state index >= 15 is 0 Å². The van der Waals surface area contributed by atoms with Gasteiger partial charge in [0.2, 0.25) is 0 Å². The number of pyridine rings is 1. The van der Waals surface area contributed by atoms with Crippen molar-refractivity contribution in [2.75, 3.05) is 13.6 Å². The lowest BCUT2D eigenvalue weighted by Gasteiger charge is -2.15. The minimum absolute atomic E-state index is 0.908. The maximum Gasteiger partial charge on any atom is 0.0945 e. The summed E-state index contributed by atoms with van der Waals surface area (Å²) in [6.45, 7) is 2.99. The van der Waals surface area contributed by atoms with E-state index in [1.165, 1.54) is 0 Å². The summed E-state index contributed by atoms with van der Waals surface area (Å²) in [4.78, 5) is 10.6. The van der Waals surface area contributed by atoms with Gasteiger partial charge in [-0.3, -0.25) is 4.98 Å². The van der Waals surface area contributed by atoms with Crippen molar-refractivity contribution in [1.82, 2.24) is 19.4 Å². The summed E-state index contributed by atoms with van der Waals surface area (Å²) in [6, 6.07) is 6.04. The second-order valence-electron chi connectivity index (χ2n) is 4.21. The molecule has 0 saturated heterocycles. The molecule has 0 aliphatic carbocycles. The Morgan fingerprint density at radius 1 is 1.29 bits per heavy atom. The molecule has 0 spiro atoms. The van der Waals surface area contributed by atoms with Crippen LogP contribution in [0.3, 0.4) is 0 Å². The largest absolute Gasteiger partial charge is 0.337 e. The quantitative estimate of drug-likeness (QED) is 0.759. The monoisotopic (exact) mass is 230 g/mol. The molecule has 0 atom stereocenters. The summed E-state index contributed by atoms with van der Waals surface area (Å²) in [5.74, 6) is 0. The number of hydrogen-bond donors (Lipinski definition) is 0. The van der Waals surface area contributed by atoms with Gasteiger partial charge in [0.1, 0.15) is 0 Å². The van der Waals surface area contributed by atoms with Crippen LogP contribution in [-0.4, -0.2) is 33.0 Å². The zero-order valence-electron chi connectivity index (χ0n) is 10.2. The van der Waals surface area contributed by atoms with Crippen molar-refractivity contribution >= 4 is 0 Å². The van der Waals surface area contributed by atoms with Crippen LogP contribution in [0.4, 0.5) is 0 Å². The van der Waals surface area contributed by atoms with Crippen molar-refractivity contribution in [2.24, 2.45) is 0 Å². The van der Waals surface area contributed by atoms with Gasteiger partial charge >= 0.3 is 0 Å². The van der Waals surface area contributed by atoms with Crippen LogP contribution in [0.1, 0.15) is 12.1 Å². The van der Waals surface area contributed by atoms with Gasteiger partial charge in [-0.1, -0.05) is 6.07 Å². The summed E-state index contributed by atoms with van der Waals surface area (Å²) in [6.07, 6.45) is 8.64. The van der Waals surface area contributed by atoms with Crippen molar-refractivity contribution < 1.29 is 0 Å². The predicted octanol–water partition coefficient (Wildman–Crippen LogP) is 1.80. The molecule has 0 radical (unpaired) electrons. The van der Waals surface area contributed by atoms with Crippen molar-refractivity contribution in [3.8, 4) is 0 Å². The summed E-state index contributed by atoms with van der Waals surface area (Å²) >= 11 is 0. The molecule has 2 heterocycles. The molecule has 0 aliphatic heterocycles. The third kappa shape index (κ3) is 4.00. The van der Waals surface area contributed by atoms with Crippen molar-refractivity contribution in [3.05, 3.63) is 48.8 Å². The standard InChI is InChI=1S/C13H18N4/c1-16(11-13-5-2-3-6-15-13)8-4-9-17-10-7-14-12-17/h2-3,5-7,10,12H,4,8-9,11H2,1H3. The Bertz CT molecular complexity index is 410. The molecule has 0 aliphatic rings. The molecule has 2 aromatic heterocycles. The first-order valence-corrected chi connectivity index (χ1v) is 5.89. The van der Waals surface area contributed by atoms with E-state index in [1.807, 2.05) is 37.1 Å². The Morgan fingerprint density at radius 2 is 2.24 bits per heavy atom. The van der Waals surface area contributed by atoms with E-state index in [0.717, 1.165) is 31.7 Å². The molecule has 4 nitrogen and oxygen atoms in total. The highest BCUT2D eigenvalue weighted by Gasteiger charge is 2.00. The van der Waals surface area contributed by atoms with Crippen LogP contribution in [0.2, 0.25) is 0 Å². The van der Waals surface area contributed by atoms with E-state index < -0.39 is 0 Å². The maximum absolute atomic E-state index is 4.32. The Hall–Kier alpha value is -1.68. The van der Waals surface area contributed by atoms with Crippen molar-refractivity contribution in [1.29, 1.82) is 0 Å². The first-order valence-electron chi connectivity index (χ1n) is 5.89. The molecule has 0 fully saturated rings. The molecule has 0 amide bonds. The Morgan fingerprint density at radius 3 is 2.94 bits per heavy atom. The molecular formula is C13H18N4. The number of imidazole rings is 1. The molecule has 90 valence electrons. The second-order valence-corrected chi connectivity index (χ2v) is 4.21. The molecule has 2 aromatic rings. The summed E-state index contributed by atoms with van der Waals surface area (Å²) in [5, 5.41) is 0. The van der Waals surface area contributed by atoms with Gasteiger partial charge in [0.05, 0.1) is 12.0 Å². The number of rotatable bonds is 6. The topological polar surface area (TPSA) is 34.0 Å². The first-order chi connectivity index (χ1) is 8.34. The van der Waals surface area contributed by atoms with Gasteiger partial charge in [-0.05, 0) is 32.1 Å². The van der Waals surface area contributed by atoms with Crippen LogP contribution in [-0.2, 0) is 13.1 Å². The van der Waals surface area contributed by atoms with Gasteiger partial charge in [0.25, 0.3) is 0 Å². The van der Waals surface area contributed by atoms with E-state index in [4.69, 9.17) is 0 Å². The van der Waals surface area contributed by atoms with Gasteiger partial charge in [-0.15, -0.1) is 0 Å². The zero-order chi connectivity index (χ0) is 11.9. The van der Waals surface area contributed by atoms with E-state index in [-0.39, 0.29) is 0 Å². The van der Waals surface area contributed by atoms with Gasteiger partial charge < -0.3 is 9.47 Å². The molecule has 17 heavy (non-hydrogen) atoms. The predicted molar refractivity (Wildman–Crippen MR) is 67.4 cm³/mol. The lowest BCUT2D eigenvalue weighted by atomic mass is 10.3. The van der Waals surface area contributed by atoms with Gasteiger partial charge in [0.15, 0.2) is 0 Å². The lowest BCUT2D eigenvalue weighted by Crippen LogP contribution is -2.20. The summed E-state index contributed by atoms with van der Waals surface area (Å²) in [7, 11) is 2.13. The Balaban J connectivity index is 1.69. The van der Waals surface area contributed by atoms with Crippen LogP contribution in [0.15, 0.2) is 43.1 Å². The fourth-order valence-corrected chi connectivity index (χ4v) is 1.79. The number of hydrogen-bond acceptors (Lipinski definition) is 3. The summed E-state index contributed by atoms with van der Waals surface area (Å²) in [5.41, 5.74) is 1.12.